The van der Waals surface area contributed by atoms with Gasteiger partial charge in [0.1, 0.15) is 17.7 Å². The van der Waals surface area contributed by atoms with E-state index in [2.05, 4.69) is 10.0 Å². The molecule has 5 N–H and O–H groups in total. The van der Waals surface area contributed by atoms with Crippen molar-refractivity contribution in [3.05, 3.63) is 94.8 Å². The van der Waals surface area contributed by atoms with Crippen molar-refractivity contribution in [1.82, 2.24) is 10.0 Å². The van der Waals surface area contributed by atoms with Gasteiger partial charge in [-0.25, -0.2) is 17.5 Å². The summed E-state index contributed by atoms with van der Waals surface area (Å²) in [5.74, 6) is -1.11. The second-order valence-corrected chi connectivity index (χ2v) is 9.76. The van der Waals surface area contributed by atoms with Crippen LogP contribution in [0.1, 0.15) is 22.3 Å². The van der Waals surface area contributed by atoms with Crippen molar-refractivity contribution in [2.24, 2.45) is 5.73 Å². The first-order valence-electron chi connectivity index (χ1n) is 10.5. The lowest BCUT2D eigenvalue weighted by Crippen LogP contribution is -2.47. The van der Waals surface area contributed by atoms with Crippen LogP contribution in [-0.2, 0) is 27.8 Å². The van der Waals surface area contributed by atoms with Crippen LogP contribution in [0.5, 0.6) is 0 Å². The Morgan fingerprint density at radius 2 is 1.83 bits per heavy atom. The molecule has 1 amide bonds. The number of nitrogens with one attached hydrogen (secondary N) is 3. The zero-order chi connectivity index (χ0) is 25.6. The van der Waals surface area contributed by atoms with E-state index in [0.29, 0.717) is 27.8 Å². The summed E-state index contributed by atoms with van der Waals surface area (Å²) in [5, 5.41) is 19.6. The Kier molecular flexibility index (Phi) is 7.96. The smallest absolute Gasteiger partial charge is 0.238 e. The van der Waals surface area contributed by atoms with Crippen molar-refractivity contribution in [3.8, 4) is 17.2 Å². The van der Waals surface area contributed by atoms with Gasteiger partial charge in [0.25, 0.3) is 0 Å². The lowest BCUT2D eigenvalue weighted by molar-refractivity contribution is -0.122. The number of carbonyl (C=O) groups is 1. The topological polar surface area (TPSA) is 149 Å². The molecule has 10 heteroatoms. The third kappa shape index (κ3) is 7.20. The van der Waals surface area contributed by atoms with Gasteiger partial charge in [-0.3, -0.25) is 10.2 Å². The SMILES string of the molecule is CS(=O)(=O)N[C@@H](Cc1cccc(C(=N)N)c1)C(=O)NCc1ccc(-c2cc(F)ccc2C#N)cc1. The van der Waals surface area contributed by atoms with E-state index < -0.39 is 27.8 Å². The molecule has 0 aliphatic carbocycles. The molecule has 0 aliphatic heterocycles. The van der Waals surface area contributed by atoms with Crippen molar-refractivity contribution >= 4 is 21.8 Å². The second kappa shape index (κ2) is 10.9. The zero-order valence-electron chi connectivity index (χ0n) is 18.9. The summed E-state index contributed by atoms with van der Waals surface area (Å²) in [6.45, 7) is 0.128. The summed E-state index contributed by atoms with van der Waals surface area (Å²) in [5.41, 5.74) is 8.82. The largest absolute Gasteiger partial charge is 0.384 e. The predicted octanol–water partition coefficient (Wildman–Crippen LogP) is 2.43. The molecule has 3 aromatic carbocycles. The lowest BCUT2D eigenvalue weighted by atomic mass is 9.99. The summed E-state index contributed by atoms with van der Waals surface area (Å²) < 4.78 is 39.7. The minimum atomic E-state index is -3.68. The number of hydrogen-bond donors (Lipinski definition) is 4. The van der Waals surface area contributed by atoms with E-state index in [1.54, 1.807) is 48.5 Å². The second-order valence-electron chi connectivity index (χ2n) is 7.98. The van der Waals surface area contributed by atoms with Crippen molar-refractivity contribution in [2.75, 3.05) is 6.26 Å². The highest BCUT2D eigenvalue weighted by Crippen LogP contribution is 2.24. The molecule has 1 atom stereocenters. The first kappa shape index (κ1) is 25.6. The molecule has 0 heterocycles. The van der Waals surface area contributed by atoms with Crippen LogP contribution in [0.15, 0.2) is 66.7 Å². The van der Waals surface area contributed by atoms with E-state index in [-0.39, 0.29) is 18.8 Å². The van der Waals surface area contributed by atoms with Crippen molar-refractivity contribution in [1.29, 1.82) is 10.7 Å². The zero-order valence-corrected chi connectivity index (χ0v) is 19.7. The Bertz CT molecular complexity index is 1400. The summed E-state index contributed by atoms with van der Waals surface area (Å²) >= 11 is 0. The van der Waals surface area contributed by atoms with E-state index in [1.165, 1.54) is 18.2 Å². The molecule has 0 saturated heterocycles. The number of benzene rings is 3. The third-order valence-corrected chi connectivity index (χ3v) is 5.90. The fourth-order valence-corrected chi connectivity index (χ4v) is 4.22. The summed E-state index contributed by atoms with van der Waals surface area (Å²) in [7, 11) is -3.68. The Hall–Kier alpha value is -4.07. The lowest BCUT2D eigenvalue weighted by Gasteiger charge is -2.18. The van der Waals surface area contributed by atoms with Crippen LogP contribution in [0, 0.1) is 22.6 Å². The number of rotatable bonds is 9. The number of nitrogens with two attached hydrogens (primary N) is 1. The number of nitrogen functional groups attached to an aromatic ring is 1. The van der Waals surface area contributed by atoms with Gasteiger partial charge in [-0.15, -0.1) is 0 Å². The van der Waals surface area contributed by atoms with Crippen molar-refractivity contribution in [2.45, 2.75) is 19.0 Å². The molecule has 3 rings (SSSR count). The maximum Gasteiger partial charge on any atom is 0.238 e. The van der Waals surface area contributed by atoms with Crippen LogP contribution in [0.25, 0.3) is 11.1 Å². The van der Waals surface area contributed by atoms with E-state index in [4.69, 9.17) is 11.1 Å². The Morgan fingerprint density at radius 3 is 2.46 bits per heavy atom. The third-order valence-electron chi connectivity index (χ3n) is 5.18. The van der Waals surface area contributed by atoms with Gasteiger partial charge < -0.3 is 11.1 Å². The number of amides is 1. The Balaban J connectivity index is 1.72. The van der Waals surface area contributed by atoms with Crippen molar-refractivity contribution < 1.29 is 17.6 Å². The first-order chi connectivity index (χ1) is 16.6. The molecule has 0 radical (unpaired) electrons. The summed E-state index contributed by atoms with van der Waals surface area (Å²) in [6.07, 6.45) is 1.04. The first-order valence-corrected chi connectivity index (χ1v) is 12.4. The minimum absolute atomic E-state index is 0.0649. The van der Waals surface area contributed by atoms with Crippen LogP contribution in [0.2, 0.25) is 0 Å². The number of amidine groups is 1. The molecule has 0 aromatic heterocycles. The molecule has 0 spiro atoms. The number of hydrogen-bond acceptors (Lipinski definition) is 5. The van der Waals surface area contributed by atoms with Crippen LogP contribution >= 0.6 is 0 Å². The molecule has 3 aromatic rings. The quantitative estimate of drug-likeness (QED) is 0.267. The van der Waals surface area contributed by atoms with E-state index in [0.717, 1.165) is 11.8 Å². The molecule has 0 unspecified atom stereocenters. The van der Waals surface area contributed by atoms with Gasteiger partial charge in [-0.05, 0) is 47.4 Å². The average Bonchev–Trinajstić information content (AvgIpc) is 2.81. The number of nitrogens with zero attached hydrogens (tertiary/aromatic N) is 1. The number of nitriles is 1. The predicted molar refractivity (Wildman–Crippen MR) is 131 cm³/mol. The summed E-state index contributed by atoms with van der Waals surface area (Å²) in [6, 6.07) is 18.5. The van der Waals surface area contributed by atoms with E-state index in [1.807, 2.05) is 6.07 Å². The van der Waals surface area contributed by atoms with Gasteiger partial charge in [0, 0.05) is 17.7 Å². The fourth-order valence-electron chi connectivity index (χ4n) is 3.52. The van der Waals surface area contributed by atoms with Gasteiger partial charge >= 0.3 is 0 Å². The van der Waals surface area contributed by atoms with Crippen LogP contribution in [0.3, 0.4) is 0 Å². The highest BCUT2D eigenvalue weighted by Gasteiger charge is 2.22. The standard InChI is InChI=1S/C25H24FN5O3S/c1-35(33,34)31-23(12-17-3-2-4-19(11-17)24(28)29)25(32)30-15-16-5-7-18(8-6-16)22-13-21(26)10-9-20(22)14-27/h2-11,13,23,31H,12,15H2,1H3,(H3,28,29)(H,30,32)/t23-/m0/s1. The molecule has 8 nitrogen and oxygen atoms in total. The molecule has 0 aliphatic rings. The fraction of sp³-hybridized carbons (Fsp3) is 0.160. The van der Waals surface area contributed by atoms with Crippen LogP contribution in [-0.4, -0.2) is 32.5 Å². The van der Waals surface area contributed by atoms with Gasteiger partial charge in [0.2, 0.25) is 15.9 Å². The highest BCUT2D eigenvalue weighted by atomic mass is 32.2. The Labute approximate surface area is 203 Å². The van der Waals surface area contributed by atoms with Crippen LogP contribution in [0.4, 0.5) is 4.39 Å². The van der Waals surface area contributed by atoms with Crippen LogP contribution < -0.4 is 15.8 Å². The van der Waals surface area contributed by atoms with Gasteiger partial charge in [-0.2, -0.15) is 5.26 Å². The highest BCUT2D eigenvalue weighted by molar-refractivity contribution is 7.88. The van der Waals surface area contributed by atoms with Gasteiger partial charge in [0.05, 0.1) is 17.9 Å². The molecular formula is C25H24FN5O3S. The van der Waals surface area contributed by atoms with E-state index >= 15 is 0 Å². The average molecular weight is 494 g/mol. The van der Waals surface area contributed by atoms with Gasteiger partial charge in [0.15, 0.2) is 0 Å². The minimum Gasteiger partial charge on any atom is -0.384 e. The molecule has 35 heavy (non-hydrogen) atoms. The number of halogens is 1. The van der Waals surface area contributed by atoms with Crippen molar-refractivity contribution in [3.63, 3.8) is 0 Å². The van der Waals surface area contributed by atoms with E-state index in [9.17, 15) is 22.9 Å². The molecule has 0 fully saturated rings. The molecular weight excluding hydrogens is 469 g/mol. The summed E-state index contributed by atoms with van der Waals surface area (Å²) in [4.78, 5) is 12.8. The molecule has 0 bridgehead atoms. The Morgan fingerprint density at radius 1 is 1.11 bits per heavy atom. The molecule has 180 valence electrons. The maximum atomic E-state index is 13.6. The number of carbonyl (C=O) groups excluding carboxylic acids is 1. The monoisotopic (exact) mass is 493 g/mol. The van der Waals surface area contributed by atoms with Gasteiger partial charge in [-0.1, -0.05) is 42.5 Å². The maximum absolute atomic E-state index is 13.6. The normalized spacial score (nSPS) is 11.9. The number of sulfonamides is 1. The molecule has 0 saturated carbocycles.